The summed E-state index contributed by atoms with van der Waals surface area (Å²) >= 11 is 0. The molecule has 106 valence electrons. The Morgan fingerprint density at radius 3 is 2.78 bits per heavy atom. The van der Waals surface area contributed by atoms with Crippen LogP contribution in [0.5, 0.6) is 0 Å². The number of rotatable bonds is 6. The van der Waals surface area contributed by atoms with Gasteiger partial charge in [0.25, 0.3) is 0 Å². The number of fused-ring (bicyclic) bond motifs is 1. The molecular weight excluding hydrogens is 222 g/mol. The topological polar surface area (TPSA) is 32.5 Å². The number of nitrogens with two attached hydrogens (primary N) is 1. The number of nitrogens with zero attached hydrogens (tertiary/aromatic N) is 2. The summed E-state index contributed by atoms with van der Waals surface area (Å²) < 4.78 is 0. The van der Waals surface area contributed by atoms with Gasteiger partial charge < -0.3 is 10.6 Å². The highest BCUT2D eigenvalue weighted by atomic mass is 15.3. The van der Waals surface area contributed by atoms with E-state index in [9.17, 15) is 0 Å². The molecule has 0 aromatic heterocycles. The van der Waals surface area contributed by atoms with E-state index in [0.29, 0.717) is 5.41 Å². The van der Waals surface area contributed by atoms with E-state index in [0.717, 1.165) is 19.0 Å². The van der Waals surface area contributed by atoms with Crippen LogP contribution in [0.15, 0.2) is 0 Å². The first kappa shape index (κ1) is 14.3. The van der Waals surface area contributed by atoms with Crippen LogP contribution in [-0.4, -0.2) is 55.1 Å². The quantitative estimate of drug-likeness (QED) is 0.785. The van der Waals surface area contributed by atoms with E-state index in [1.165, 1.54) is 58.4 Å². The lowest BCUT2D eigenvalue weighted by Crippen LogP contribution is -2.50. The van der Waals surface area contributed by atoms with Gasteiger partial charge in [0.05, 0.1) is 0 Å². The maximum absolute atomic E-state index is 5.67. The third-order valence-corrected chi connectivity index (χ3v) is 4.82. The van der Waals surface area contributed by atoms with Crippen molar-refractivity contribution in [1.29, 1.82) is 0 Å². The fraction of sp³-hybridized carbons (Fsp3) is 1.00. The van der Waals surface area contributed by atoms with Crippen molar-refractivity contribution in [2.75, 3.05) is 39.3 Å². The normalized spacial score (nSPS) is 26.5. The molecule has 0 saturated carbocycles. The van der Waals surface area contributed by atoms with Gasteiger partial charge >= 0.3 is 0 Å². The summed E-state index contributed by atoms with van der Waals surface area (Å²) in [7, 11) is 0. The predicted octanol–water partition coefficient (Wildman–Crippen LogP) is 1.92. The highest BCUT2D eigenvalue weighted by molar-refractivity contribution is 4.86. The lowest BCUT2D eigenvalue weighted by molar-refractivity contribution is 0.0999. The molecule has 0 aliphatic carbocycles. The average Bonchev–Trinajstić information content (AvgIpc) is 2.75. The Morgan fingerprint density at radius 1 is 1.17 bits per heavy atom. The predicted molar refractivity (Wildman–Crippen MR) is 77.7 cm³/mol. The van der Waals surface area contributed by atoms with Crippen LogP contribution in [0.4, 0.5) is 0 Å². The first-order valence-corrected chi connectivity index (χ1v) is 7.77. The van der Waals surface area contributed by atoms with Gasteiger partial charge in [-0.25, -0.2) is 0 Å². The number of hydrogen-bond acceptors (Lipinski definition) is 3. The van der Waals surface area contributed by atoms with Crippen molar-refractivity contribution in [3.8, 4) is 0 Å². The molecule has 3 heteroatoms. The van der Waals surface area contributed by atoms with Gasteiger partial charge in [-0.1, -0.05) is 13.8 Å². The van der Waals surface area contributed by atoms with Crippen molar-refractivity contribution in [2.45, 2.75) is 52.0 Å². The molecule has 2 rings (SSSR count). The van der Waals surface area contributed by atoms with Crippen LogP contribution in [0.1, 0.15) is 46.0 Å². The van der Waals surface area contributed by atoms with E-state index >= 15 is 0 Å². The minimum absolute atomic E-state index is 0.434. The van der Waals surface area contributed by atoms with Crippen LogP contribution < -0.4 is 5.73 Å². The molecule has 2 heterocycles. The molecule has 0 spiro atoms. The second-order valence-corrected chi connectivity index (χ2v) is 6.94. The summed E-state index contributed by atoms with van der Waals surface area (Å²) in [5.74, 6) is 0. The Balaban J connectivity index is 1.65. The summed E-state index contributed by atoms with van der Waals surface area (Å²) in [6, 6.07) is 0.871. The number of piperazine rings is 1. The van der Waals surface area contributed by atoms with Gasteiger partial charge in [-0.3, -0.25) is 4.90 Å². The zero-order chi connectivity index (χ0) is 13.0. The molecule has 2 N–H and O–H groups in total. The van der Waals surface area contributed by atoms with Gasteiger partial charge in [-0.05, 0) is 57.2 Å². The van der Waals surface area contributed by atoms with Crippen LogP contribution in [0.25, 0.3) is 0 Å². The van der Waals surface area contributed by atoms with Crippen LogP contribution in [0, 0.1) is 5.41 Å². The van der Waals surface area contributed by atoms with E-state index in [2.05, 4.69) is 23.6 Å². The van der Waals surface area contributed by atoms with E-state index in [1.807, 2.05) is 0 Å². The van der Waals surface area contributed by atoms with Gasteiger partial charge in [0.15, 0.2) is 0 Å². The summed E-state index contributed by atoms with van der Waals surface area (Å²) in [5.41, 5.74) is 6.11. The Labute approximate surface area is 113 Å². The van der Waals surface area contributed by atoms with Gasteiger partial charge in [0, 0.05) is 25.7 Å². The molecule has 1 atom stereocenters. The van der Waals surface area contributed by atoms with Crippen molar-refractivity contribution in [1.82, 2.24) is 9.80 Å². The summed E-state index contributed by atoms with van der Waals surface area (Å²) in [4.78, 5) is 5.37. The van der Waals surface area contributed by atoms with Crippen LogP contribution in [-0.2, 0) is 0 Å². The molecule has 2 aliphatic heterocycles. The first-order chi connectivity index (χ1) is 8.61. The molecule has 0 aromatic carbocycles. The highest BCUT2D eigenvalue weighted by Gasteiger charge is 2.30. The van der Waals surface area contributed by atoms with Crippen LogP contribution in [0.3, 0.4) is 0 Å². The van der Waals surface area contributed by atoms with Crippen molar-refractivity contribution in [3.63, 3.8) is 0 Å². The largest absolute Gasteiger partial charge is 0.330 e. The molecule has 0 amide bonds. The van der Waals surface area contributed by atoms with Gasteiger partial charge in [0.1, 0.15) is 0 Å². The standard InChI is InChI=1S/C15H31N3/c1-15(2,7-8-16)6-4-9-17-11-12-18-10-3-5-14(18)13-17/h14H,3-13,16H2,1-2H3. The third kappa shape index (κ3) is 3.94. The minimum Gasteiger partial charge on any atom is -0.330 e. The summed E-state index contributed by atoms with van der Waals surface area (Å²) in [6.07, 6.45) is 6.65. The molecular formula is C15H31N3. The SMILES string of the molecule is CC(C)(CCN)CCCN1CCN2CCCC2C1. The molecule has 0 radical (unpaired) electrons. The van der Waals surface area contributed by atoms with Gasteiger partial charge in [-0.2, -0.15) is 0 Å². The van der Waals surface area contributed by atoms with Crippen molar-refractivity contribution < 1.29 is 0 Å². The van der Waals surface area contributed by atoms with E-state index < -0.39 is 0 Å². The number of hydrogen-bond donors (Lipinski definition) is 1. The van der Waals surface area contributed by atoms with Crippen LogP contribution in [0.2, 0.25) is 0 Å². The third-order valence-electron chi connectivity index (χ3n) is 4.82. The maximum atomic E-state index is 5.67. The fourth-order valence-corrected chi connectivity index (χ4v) is 3.56. The Bertz CT molecular complexity index is 252. The van der Waals surface area contributed by atoms with Crippen molar-refractivity contribution in [3.05, 3.63) is 0 Å². The Morgan fingerprint density at radius 2 is 2.00 bits per heavy atom. The van der Waals surface area contributed by atoms with E-state index in [-0.39, 0.29) is 0 Å². The van der Waals surface area contributed by atoms with Crippen LogP contribution >= 0.6 is 0 Å². The molecule has 18 heavy (non-hydrogen) atoms. The maximum Gasteiger partial charge on any atom is 0.0224 e. The molecule has 1 unspecified atom stereocenters. The van der Waals surface area contributed by atoms with E-state index in [4.69, 9.17) is 5.73 Å². The zero-order valence-corrected chi connectivity index (χ0v) is 12.3. The molecule has 2 fully saturated rings. The minimum atomic E-state index is 0.434. The molecule has 0 bridgehead atoms. The second kappa shape index (κ2) is 6.36. The highest BCUT2D eigenvalue weighted by Crippen LogP contribution is 2.27. The van der Waals surface area contributed by atoms with Crippen molar-refractivity contribution in [2.24, 2.45) is 11.1 Å². The lowest BCUT2D eigenvalue weighted by Gasteiger charge is -2.38. The van der Waals surface area contributed by atoms with E-state index in [1.54, 1.807) is 0 Å². The van der Waals surface area contributed by atoms with Gasteiger partial charge in [0.2, 0.25) is 0 Å². The monoisotopic (exact) mass is 253 g/mol. The zero-order valence-electron chi connectivity index (χ0n) is 12.3. The molecule has 2 saturated heterocycles. The van der Waals surface area contributed by atoms with Crippen molar-refractivity contribution >= 4 is 0 Å². The molecule has 3 nitrogen and oxygen atoms in total. The van der Waals surface area contributed by atoms with Gasteiger partial charge in [-0.15, -0.1) is 0 Å². The second-order valence-electron chi connectivity index (χ2n) is 6.94. The average molecular weight is 253 g/mol. The smallest absolute Gasteiger partial charge is 0.0224 e. The fourth-order valence-electron chi connectivity index (χ4n) is 3.56. The first-order valence-electron chi connectivity index (χ1n) is 7.77. The molecule has 2 aliphatic rings. The summed E-state index contributed by atoms with van der Waals surface area (Å²) in [5, 5.41) is 0. The molecule has 0 aromatic rings. The Hall–Kier alpha value is -0.120. The summed E-state index contributed by atoms with van der Waals surface area (Å²) in [6.45, 7) is 12.1. The lowest BCUT2D eigenvalue weighted by atomic mass is 9.84. The Kier molecular flexibility index (Phi) is 5.05.